The summed E-state index contributed by atoms with van der Waals surface area (Å²) in [7, 11) is -4.31. The quantitative estimate of drug-likeness (QED) is 0.589. The van der Waals surface area contributed by atoms with Crippen molar-refractivity contribution >= 4 is 27.5 Å². The molecule has 2 N–H and O–H groups in total. The molecule has 0 aliphatic heterocycles. The van der Waals surface area contributed by atoms with E-state index in [4.69, 9.17) is 5.73 Å². The molecule has 2 heterocycles. The van der Waals surface area contributed by atoms with E-state index in [0.29, 0.717) is 18.0 Å². The van der Waals surface area contributed by atoms with Crippen LogP contribution in [0.25, 0.3) is 10.4 Å². The van der Waals surface area contributed by atoms with Gasteiger partial charge in [-0.15, -0.1) is 11.3 Å². The number of carbonyl (C=O) groups is 1. The molecule has 0 saturated heterocycles. The first-order chi connectivity index (χ1) is 13.2. The third kappa shape index (κ3) is 4.79. The zero-order valence-electron chi connectivity index (χ0n) is 15.5. The number of primary amides is 1. The molecule has 3 rings (SSSR count). The zero-order chi connectivity index (χ0) is 20.3. The highest BCUT2D eigenvalue weighted by Gasteiger charge is 2.24. The second-order valence-electron chi connectivity index (χ2n) is 6.79. The van der Waals surface area contributed by atoms with Crippen molar-refractivity contribution in [1.82, 2.24) is 9.55 Å². The molecular formula is C19H21N3O4S2. The summed E-state index contributed by atoms with van der Waals surface area (Å²) >= 11 is 1.48. The van der Waals surface area contributed by atoms with Gasteiger partial charge in [0.15, 0.2) is 0 Å². The standard InChI is InChI=1S/C19H21N3O4S2/c1-13(2)9-14-3-6-18(28(24,25)26-19(20)23)16(10-14)17-5-4-15(27-17)11-22-8-7-21-12-22/h3-8,10,12-13H,9,11H2,1-2H3,(H2,20,23). The molecule has 0 aliphatic rings. The van der Waals surface area contributed by atoms with Crippen LogP contribution in [0.1, 0.15) is 24.3 Å². The van der Waals surface area contributed by atoms with Gasteiger partial charge in [0.1, 0.15) is 4.90 Å². The van der Waals surface area contributed by atoms with Crippen molar-refractivity contribution in [3.05, 3.63) is 59.5 Å². The maximum atomic E-state index is 12.5. The lowest BCUT2D eigenvalue weighted by Crippen LogP contribution is -2.19. The Balaban J connectivity index is 2.03. The van der Waals surface area contributed by atoms with Gasteiger partial charge in [0, 0.05) is 27.7 Å². The van der Waals surface area contributed by atoms with E-state index in [-0.39, 0.29) is 4.90 Å². The predicted molar refractivity (Wildman–Crippen MR) is 107 cm³/mol. The van der Waals surface area contributed by atoms with Crippen LogP contribution in [-0.4, -0.2) is 24.1 Å². The van der Waals surface area contributed by atoms with Crippen LogP contribution in [0.15, 0.2) is 53.9 Å². The SMILES string of the molecule is CC(C)Cc1ccc(S(=O)(=O)OC(N)=O)c(-c2ccc(Cn3ccnc3)s2)c1. The summed E-state index contributed by atoms with van der Waals surface area (Å²) in [5.41, 5.74) is 6.44. The van der Waals surface area contributed by atoms with Crippen molar-refractivity contribution in [2.24, 2.45) is 11.7 Å². The first-order valence-corrected chi connectivity index (χ1v) is 10.9. The molecule has 2 aromatic heterocycles. The Kier molecular flexibility index (Phi) is 5.85. The van der Waals surface area contributed by atoms with Crippen molar-refractivity contribution in [1.29, 1.82) is 0 Å². The van der Waals surface area contributed by atoms with E-state index < -0.39 is 16.2 Å². The highest BCUT2D eigenvalue weighted by atomic mass is 32.2. The maximum absolute atomic E-state index is 12.5. The Hall–Kier alpha value is -2.65. The number of nitrogens with zero attached hydrogens (tertiary/aromatic N) is 2. The van der Waals surface area contributed by atoms with Gasteiger partial charge in [-0.05, 0) is 42.2 Å². The third-order valence-corrected chi connectivity index (χ3v) is 6.36. The molecule has 1 amide bonds. The Morgan fingerprint density at radius 1 is 1.29 bits per heavy atom. The fourth-order valence-electron chi connectivity index (χ4n) is 2.91. The lowest BCUT2D eigenvalue weighted by molar-refractivity contribution is 0.213. The number of rotatable bonds is 7. The molecule has 1 aromatic carbocycles. The first-order valence-electron chi connectivity index (χ1n) is 8.66. The van der Waals surface area contributed by atoms with E-state index in [1.807, 2.05) is 29.0 Å². The van der Waals surface area contributed by atoms with E-state index >= 15 is 0 Å². The molecule has 148 valence electrons. The number of hydrogen-bond donors (Lipinski definition) is 1. The van der Waals surface area contributed by atoms with Gasteiger partial charge in [-0.3, -0.25) is 0 Å². The number of imidazole rings is 1. The van der Waals surface area contributed by atoms with E-state index in [0.717, 1.165) is 21.7 Å². The molecule has 0 radical (unpaired) electrons. The van der Waals surface area contributed by atoms with Crippen molar-refractivity contribution in [2.75, 3.05) is 0 Å². The molecule has 3 aromatic rings. The Labute approximate surface area is 167 Å². The minimum absolute atomic E-state index is 0.0742. The van der Waals surface area contributed by atoms with E-state index in [9.17, 15) is 13.2 Å². The minimum Gasteiger partial charge on any atom is -0.334 e. The van der Waals surface area contributed by atoms with Gasteiger partial charge in [0.2, 0.25) is 0 Å². The number of benzene rings is 1. The predicted octanol–water partition coefficient (Wildman–Crippen LogP) is 3.64. The number of carbonyl (C=O) groups excluding carboxylic acids is 1. The van der Waals surface area contributed by atoms with Crippen LogP contribution in [0.5, 0.6) is 0 Å². The average Bonchev–Trinajstić information content (AvgIpc) is 3.25. The first kappa shape index (κ1) is 20.1. The number of hydrogen-bond acceptors (Lipinski definition) is 6. The molecule has 7 nitrogen and oxygen atoms in total. The van der Waals surface area contributed by atoms with E-state index in [1.165, 1.54) is 17.4 Å². The van der Waals surface area contributed by atoms with Crippen molar-refractivity contribution in [3.63, 3.8) is 0 Å². The number of aromatic nitrogens is 2. The molecule has 0 atom stereocenters. The number of amides is 1. The van der Waals surface area contributed by atoms with Gasteiger partial charge in [-0.2, -0.15) is 8.42 Å². The fourth-order valence-corrected chi connectivity index (χ4v) is 5.00. The molecule has 0 aliphatic carbocycles. The maximum Gasteiger partial charge on any atom is 0.420 e. The van der Waals surface area contributed by atoms with Gasteiger partial charge >= 0.3 is 16.2 Å². The second-order valence-corrected chi connectivity index (χ2v) is 9.47. The molecule has 0 unspecified atom stereocenters. The smallest absolute Gasteiger partial charge is 0.334 e. The Morgan fingerprint density at radius 2 is 2.07 bits per heavy atom. The third-order valence-electron chi connectivity index (χ3n) is 3.97. The van der Waals surface area contributed by atoms with Crippen molar-refractivity contribution < 1.29 is 17.4 Å². The average molecular weight is 420 g/mol. The summed E-state index contributed by atoms with van der Waals surface area (Å²) in [6.45, 7) is 4.82. The summed E-state index contributed by atoms with van der Waals surface area (Å²) < 4.78 is 31.3. The van der Waals surface area contributed by atoms with Crippen molar-refractivity contribution in [3.8, 4) is 10.4 Å². The van der Waals surface area contributed by atoms with Crippen LogP contribution in [0.3, 0.4) is 0 Å². The molecule has 0 saturated carbocycles. The minimum atomic E-state index is -4.31. The van der Waals surface area contributed by atoms with Crippen LogP contribution in [0.4, 0.5) is 4.79 Å². The molecular weight excluding hydrogens is 398 g/mol. The molecule has 9 heteroatoms. The zero-order valence-corrected chi connectivity index (χ0v) is 17.2. The van der Waals surface area contributed by atoms with Gasteiger partial charge in [0.05, 0.1) is 12.9 Å². The summed E-state index contributed by atoms with van der Waals surface area (Å²) in [5, 5.41) is 0. The number of nitrogens with two attached hydrogens (primary N) is 1. The summed E-state index contributed by atoms with van der Waals surface area (Å²) in [4.78, 5) is 16.8. The van der Waals surface area contributed by atoms with E-state index in [2.05, 4.69) is 23.0 Å². The lowest BCUT2D eigenvalue weighted by atomic mass is 10.0. The Bertz CT molecular complexity index is 1070. The topological polar surface area (TPSA) is 104 Å². The van der Waals surface area contributed by atoms with Gasteiger partial charge in [0.25, 0.3) is 0 Å². The van der Waals surface area contributed by atoms with Gasteiger partial charge in [-0.1, -0.05) is 19.9 Å². The summed E-state index contributed by atoms with van der Waals surface area (Å²) in [6, 6.07) is 8.86. The van der Waals surface area contributed by atoms with Gasteiger partial charge in [-0.25, -0.2) is 9.78 Å². The molecule has 0 spiro atoms. The largest absolute Gasteiger partial charge is 0.420 e. The Morgan fingerprint density at radius 3 is 2.71 bits per heavy atom. The highest BCUT2D eigenvalue weighted by molar-refractivity contribution is 7.87. The van der Waals surface area contributed by atoms with Crippen LogP contribution in [0.2, 0.25) is 0 Å². The second kappa shape index (κ2) is 8.15. The summed E-state index contributed by atoms with van der Waals surface area (Å²) in [6.07, 6.45) is 4.73. The normalized spacial score (nSPS) is 11.7. The van der Waals surface area contributed by atoms with Crippen LogP contribution in [0, 0.1) is 5.92 Å². The highest BCUT2D eigenvalue weighted by Crippen LogP contribution is 2.35. The van der Waals surface area contributed by atoms with Crippen LogP contribution >= 0.6 is 11.3 Å². The van der Waals surface area contributed by atoms with Crippen LogP contribution < -0.4 is 5.73 Å². The molecule has 28 heavy (non-hydrogen) atoms. The van der Waals surface area contributed by atoms with E-state index in [1.54, 1.807) is 18.6 Å². The number of thiophene rings is 1. The summed E-state index contributed by atoms with van der Waals surface area (Å²) in [5.74, 6) is 0.414. The van der Waals surface area contributed by atoms with Crippen molar-refractivity contribution in [2.45, 2.75) is 31.7 Å². The fraction of sp³-hybridized carbons (Fsp3) is 0.263. The molecule has 0 fully saturated rings. The lowest BCUT2D eigenvalue weighted by Gasteiger charge is -2.12. The molecule has 0 bridgehead atoms. The van der Waals surface area contributed by atoms with Crippen LogP contribution in [-0.2, 0) is 27.3 Å². The monoisotopic (exact) mass is 419 g/mol. The van der Waals surface area contributed by atoms with Gasteiger partial charge < -0.3 is 14.5 Å².